The minimum Gasteiger partial charge on any atom is -0.141 e. The lowest BCUT2D eigenvalue weighted by Crippen LogP contribution is -2.00. The summed E-state index contributed by atoms with van der Waals surface area (Å²) >= 11 is 0. The van der Waals surface area contributed by atoms with Gasteiger partial charge < -0.3 is 0 Å². The van der Waals surface area contributed by atoms with Crippen molar-refractivity contribution in [2.24, 2.45) is 0 Å². The lowest BCUT2D eigenvalue weighted by molar-refractivity contribution is 0.602. The summed E-state index contributed by atoms with van der Waals surface area (Å²) in [6, 6.07) is -0.0973. The Balaban J connectivity index is 2.68. The van der Waals surface area contributed by atoms with Crippen LogP contribution >= 0.6 is 0 Å². The van der Waals surface area contributed by atoms with Crippen molar-refractivity contribution in [3.63, 3.8) is 0 Å². The van der Waals surface area contributed by atoms with Crippen LogP contribution in [0.3, 0.4) is 0 Å². The van der Waals surface area contributed by atoms with E-state index in [0.717, 1.165) is 12.8 Å². The average Bonchev–Trinajstić information content (AvgIpc) is 1.61. The third-order valence-corrected chi connectivity index (χ3v) is 0.975. The van der Waals surface area contributed by atoms with Gasteiger partial charge in [-0.3, -0.25) is 0 Å². The Labute approximate surface area is 45.9 Å². The van der Waals surface area contributed by atoms with Crippen molar-refractivity contribution in [2.45, 2.75) is 39.2 Å². The van der Waals surface area contributed by atoms with Crippen LogP contribution in [-0.4, -0.2) is 6.04 Å². The van der Waals surface area contributed by atoms with Crippen LogP contribution in [0, 0.1) is 0 Å². The molecule has 0 heterocycles. The molecule has 0 rings (SSSR count). The first-order valence-electron chi connectivity index (χ1n) is 2.95. The topological polar surface area (TPSA) is 22.3 Å². The van der Waals surface area contributed by atoms with Gasteiger partial charge in [0, 0.05) is 6.04 Å². The fourth-order valence-electron chi connectivity index (χ4n) is 0.500. The van der Waals surface area contributed by atoms with E-state index < -0.39 is 0 Å². The summed E-state index contributed by atoms with van der Waals surface area (Å²) in [6.45, 7) is 3.96. The van der Waals surface area contributed by atoms with Gasteiger partial charge in [-0.05, 0) is 13.3 Å². The molecule has 0 aliphatic heterocycles. The van der Waals surface area contributed by atoms with Gasteiger partial charge in [0.2, 0.25) is 0 Å². The lowest BCUT2D eigenvalue weighted by atomic mass is 10.2. The monoisotopic (exact) mass is 99.1 g/mol. The molecule has 0 saturated heterocycles. The molecule has 0 aliphatic rings. The summed E-state index contributed by atoms with van der Waals surface area (Å²) in [5.41, 5.74) is 8.68. The average molecular weight is 99.2 g/mol. The maximum atomic E-state index is 8.68. The van der Waals surface area contributed by atoms with Gasteiger partial charge in [-0.1, -0.05) is 19.8 Å². The van der Waals surface area contributed by atoms with Crippen LogP contribution in [0.1, 0.15) is 33.1 Å². The highest BCUT2D eigenvalue weighted by Gasteiger charge is 1.91. The van der Waals surface area contributed by atoms with Crippen molar-refractivity contribution in [3.8, 4) is 0 Å². The number of hydrogen-bond acceptors (Lipinski definition) is 0. The molecule has 0 spiro atoms. The van der Waals surface area contributed by atoms with Crippen LogP contribution in [0.4, 0.5) is 0 Å². The summed E-state index contributed by atoms with van der Waals surface area (Å²) in [5.74, 6) is 0. The van der Waals surface area contributed by atoms with E-state index >= 15 is 0 Å². The Morgan fingerprint density at radius 3 is 2.29 bits per heavy atom. The highest BCUT2D eigenvalue weighted by Crippen LogP contribution is 1.96. The Hall–Kier alpha value is -0.0400. The summed E-state index contributed by atoms with van der Waals surface area (Å²) < 4.78 is 0. The van der Waals surface area contributed by atoms with Crippen molar-refractivity contribution in [1.29, 1.82) is 0 Å². The van der Waals surface area contributed by atoms with Crippen LogP contribution in [0.15, 0.2) is 0 Å². The van der Waals surface area contributed by atoms with E-state index in [-0.39, 0.29) is 6.04 Å². The second kappa shape index (κ2) is 4.13. The third-order valence-electron chi connectivity index (χ3n) is 0.975. The molecule has 0 bridgehead atoms. The SMILES string of the molecule is CCCCC(C)[N]. The Bertz CT molecular complexity index is 33.2. The molecule has 0 aliphatic carbocycles. The van der Waals surface area contributed by atoms with Crippen molar-refractivity contribution < 1.29 is 0 Å². The number of hydrogen-bond donors (Lipinski definition) is 0. The van der Waals surface area contributed by atoms with Gasteiger partial charge in [-0.25, -0.2) is 0 Å². The fraction of sp³-hybridized carbons (Fsp3) is 1.00. The summed E-state index contributed by atoms with van der Waals surface area (Å²) in [5, 5.41) is 0. The largest absolute Gasteiger partial charge is 0.141 e. The van der Waals surface area contributed by atoms with Crippen LogP contribution in [0.5, 0.6) is 0 Å². The van der Waals surface area contributed by atoms with Gasteiger partial charge in [-0.15, -0.1) is 5.73 Å². The molecule has 0 fully saturated rings. The number of nitrogens with zero attached hydrogens (tertiary/aromatic N) is 1. The zero-order valence-electron chi connectivity index (χ0n) is 5.15. The molecule has 0 saturated carbocycles. The highest BCUT2D eigenvalue weighted by molar-refractivity contribution is 4.49. The molecule has 2 radical (unpaired) electrons. The minimum absolute atomic E-state index is 0.0973. The van der Waals surface area contributed by atoms with Crippen LogP contribution in [0.25, 0.3) is 0 Å². The molecule has 0 amide bonds. The molecule has 1 nitrogen and oxygen atoms in total. The lowest BCUT2D eigenvalue weighted by Gasteiger charge is -1.96. The fourth-order valence-corrected chi connectivity index (χ4v) is 0.500. The summed E-state index contributed by atoms with van der Waals surface area (Å²) in [4.78, 5) is 0. The first-order chi connectivity index (χ1) is 3.27. The summed E-state index contributed by atoms with van der Waals surface area (Å²) in [6.07, 6.45) is 3.29. The smallest absolute Gasteiger partial charge is 0.0405 e. The molecular weight excluding hydrogens is 86.1 g/mol. The second-order valence-electron chi connectivity index (χ2n) is 1.99. The van der Waals surface area contributed by atoms with Gasteiger partial charge in [0.15, 0.2) is 0 Å². The highest BCUT2D eigenvalue weighted by atomic mass is 14.6. The molecule has 1 unspecified atom stereocenters. The summed E-state index contributed by atoms with van der Waals surface area (Å²) in [7, 11) is 0. The van der Waals surface area contributed by atoms with E-state index in [1.54, 1.807) is 0 Å². The standard InChI is InChI=1S/C6H13N/c1-3-4-5-6(2)7/h6H,3-5H2,1-2H3. The predicted octanol–water partition coefficient (Wildman–Crippen LogP) is 1.63. The van der Waals surface area contributed by atoms with Gasteiger partial charge in [-0.2, -0.15) is 0 Å². The van der Waals surface area contributed by atoms with E-state index in [1.165, 1.54) is 6.42 Å². The van der Waals surface area contributed by atoms with Crippen molar-refractivity contribution >= 4 is 0 Å². The first-order valence-corrected chi connectivity index (χ1v) is 2.95. The molecule has 1 atom stereocenters. The van der Waals surface area contributed by atoms with E-state index in [0.29, 0.717) is 0 Å². The van der Waals surface area contributed by atoms with Crippen molar-refractivity contribution in [3.05, 3.63) is 0 Å². The second-order valence-corrected chi connectivity index (χ2v) is 1.99. The Morgan fingerprint density at radius 2 is 2.14 bits per heavy atom. The van der Waals surface area contributed by atoms with E-state index in [9.17, 15) is 0 Å². The molecule has 7 heavy (non-hydrogen) atoms. The molecular formula is C6H13N. The first kappa shape index (κ1) is 6.96. The molecule has 0 aromatic carbocycles. The van der Waals surface area contributed by atoms with Crippen molar-refractivity contribution in [2.75, 3.05) is 0 Å². The van der Waals surface area contributed by atoms with Crippen LogP contribution in [0.2, 0.25) is 0 Å². The Kier molecular flexibility index (Phi) is 4.10. The number of rotatable bonds is 3. The van der Waals surface area contributed by atoms with Gasteiger partial charge in [0.25, 0.3) is 0 Å². The zero-order valence-corrected chi connectivity index (χ0v) is 5.15. The minimum atomic E-state index is -0.0973. The zero-order chi connectivity index (χ0) is 5.70. The maximum absolute atomic E-state index is 8.68. The van der Waals surface area contributed by atoms with Crippen LogP contribution in [-0.2, 0) is 0 Å². The van der Waals surface area contributed by atoms with Crippen molar-refractivity contribution in [1.82, 2.24) is 5.73 Å². The molecule has 42 valence electrons. The molecule has 0 N–H and O–H groups in total. The van der Waals surface area contributed by atoms with E-state index in [4.69, 9.17) is 5.73 Å². The molecule has 0 aromatic heterocycles. The number of unbranched alkanes of at least 4 members (excludes halogenated alkanes) is 1. The molecule has 1 heteroatoms. The third kappa shape index (κ3) is 5.96. The van der Waals surface area contributed by atoms with Gasteiger partial charge >= 0.3 is 0 Å². The van der Waals surface area contributed by atoms with Crippen LogP contribution < -0.4 is 5.73 Å². The predicted molar refractivity (Wildman–Crippen MR) is 31.1 cm³/mol. The Morgan fingerprint density at radius 1 is 1.57 bits per heavy atom. The maximum Gasteiger partial charge on any atom is 0.0405 e. The molecule has 0 aromatic rings. The van der Waals surface area contributed by atoms with Gasteiger partial charge in [0.1, 0.15) is 0 Å². The van der Waals surface area contributed by atoms with Gasteiger partial charge in [0.05, 0.1) is 0 Å². The van der Waals surface area contributed by atoms with E-state index in [2.05, 4.69) is 6.92 Å². The van der Waals surface area contributed by atoms with E-state index in [1.807, 2.05) is 6.92 Å². The quantitative estimate of drug-likeness (QED) is 0.513. The normalized spacial score (nSPS) is 14.1.